The van der Waals surface area contributed by atoms with Crippen LogP contribution in [0.25, 0.3) is 0 Å². The summed E-state index contributed by atoms with van der Waals surface area (Å²) in [6.07, 6.45) is 105. The fourth-order valence-corrected chi connectivity index (χ4v) is 8.01. The van der Waals surface area contributed by atoms with E-state index in [0.29, 0.717) is 6.42 Å². The Morgan fingerprint density at radius 2 is 0.600 bits per heavy atom. The zero-order valence-electron chi connectivity index (χ0n) is 48.2. The number of rotatable bonds is 53. The van der Waals surface area contributed by atoms with Crippen molar-refractivity contribution in [2.24, 2.45) is 0 Å². The van der Waals surface area contributed by atoms with Crippen molar-refractivity contribution in [3.8, 4) is 0 Å². The molecule has 0 rings (SSSR count). The van der Waals surface area contributed by atoms with Gasteiger partial charge in [0, 0.05) is 6.42 Å². The van der Waals surface area contributed by atoms with Gasteiger partial charge in [0.05, 0.1) is 18.8 Å². The summed E-state index contributed by atoms with van der Waals surface area (Å²) < 4.78 is 0. The van der Waals surface area contributed by atoms with Gasteiger partial charge in [-0.25, -0.2) is 0 Å². The molecule has 3 N–H and O–H groups in total. The predicted octanol–water partition coefficient (Wildman–Crippen LogP) is 20.9. The Balaban J connectivity index is 3.77. The number of hydrogen-bond donors (Lipinski definition) is 3. The predicted molar refractivity (Wildman–Crippen MR) is 335 cm³/mol. The third-order valence-corrected chi connectivity index (χ3v) is 12.6. The molecule has 0 radical (unpaired) electrons. The van der Waals surface area contributed by atoms with Crippen molar-refractivity contribution < 1.29 is 15.0 Å². The summed E-state index contributed by atoms with van der Waals surface area (Å²) >= 11 is 0. The molecule has 0 bridgehead atoms. The number of unbranched alkanes of at least 4 members (excludes halogenated alkanes) is 18. The lowest BCUT2D eigenvalue weighted by molar-refractivity contribution is -0.123. The maximum Gasteiger partial charge on any atom is 0.220 e. The number of allylic oxidation sites excluding steroid dienone is 29. The van der Waals surface area contributed by atoms with Crippen LogP contribution in [0.3, 0.4) is 0 Å². The van der Waals surface area contributed by atoms with Crippen molar-refractivity contribution in [1.82, 2.24) is 5.32 Å². The quantitative estimate of drug-likeness (QED) is 0.0420. The molecule has 2 atom stereocenters. The van der Waals surface area contributed by atoms with Crippen LogP contribution >= 0.6 is 0 Å². The molecule has 0 aliphatic rings. The van der Waals surface area contributed by atoms with E-state index in [-0.39, 0.29) is 12.5 Å². The van der Waals surface area contributed by atoms with Gasteiger partial charge < -0.3 is 15.5 Å². The Hall–Kier alpha value is -4.51. The normalized spacial score (nSPS) is 14.1. The number of carbonyl (C=O) groups is 1. The largest absolute Gasteiger partial charge is 0.394 e. The lowest BCUT2D eigenvalue weighted by Gasteiger charge is -2.19. The fraction of sp³-hybridized carbons (Fsp3) is 0.563. The van der Waals surface area contributed by atoms with E-state index in [1.54, 1.807) is 6.08 Å². The van der Waals surface area contributed by atoms with Crippen LogP contribution in [0.5, 0.6) is 0 Å². The zero-order chi connectivity index (χ0) is 54.1. The maximum atomic E-state index is 12.5. The highest BCUT2D eigenvalue weighted by atomic mass is 16.3. The van der Waals surface area contributed by atoms with Gasteiger partial charge in [-0.3, -0.25) is 4.79 Å². The van der Waals surface area contributed by atoms with Crippen molar-refractivity contribution in [1.29, 1.82) is 0 Å². The van der Waals surface area contributed by atoms with Crippen LogP contribution in [0.4, 0.5) is 0 Å². The van der Waals surface area contributed by atoms with E-state index in [0.717, 1.165) is 122 Å². The van der Waals surface area contributed by atoms with Gasteiger partial charge in [0.15, 0.2) is 0 Å². The molecule has 75 heavy (non-hydrogen) atoms. The Labute approximate surface area is 463 Å². The first-order chi connectivity index (χ1) is 37.2. The highest BCUT2D eigenvalue weighted by Crippen LogP contribution is 2.14. The molecule has 0 aliphatic carbocycles. The minimum atomic E-state index is -0.904. The van der Waals surface area contributed by atoms with Gasteiger partial charge >= 0.3 is 0 Å². The van der Waals surface area contributed by atoms with Crippen LogP contribution in [0, 0.1) is 0 Å². The molecule has 0 aromatic carbocycles. The van der Waals surface area contributed by atoms with Gasteiger partial charge in [-0.15, -0.1) is 0 Å². The third kappa shape index (κ3) is 60.2. The number of aliphatic hydroxyl groups excluding tert-OH is 2. The van der Waals surface area contributed by atoms with Crippen LogP contribution in [-0.4, -0.2) is 34.9 Å². The molecule has 0 aromatic heterocycles. The number of nitrogens with one attached hydrogen (secondary N) is 1. The number of carbonyl (C=O) groups excluding carboxylic acids is 1. The van der Waals surface area contributed by atoms with Crippen LogP contribution in [0.2, 0.25) is 0 Å². The molecule has 4 nitrogen and oxygen atoms in total. The minimum absolute atomic E-state index is 0.127. The Bertz CT molecular complexity index is 1690. The molecular weight excluding hydrogens is 915 g/mol. The molecule has 0 saturated heterocycles. The second kappa shape index (κ2) is 63.8. The molecule has 4 heteroatoms. The van der Waals surface area contributed by atoms with Gasteiger partial charge in [0.2, 0.25) is 5.91 Å². The Morgan fingerprint density at radius 1 is 0.333 bits per heavy atom. The van der Waals surface area contributed by atoms with Gasteiger partial charge in [0.1, 0.15) is 0 Å². The third-order valence-electron chi connectivity index (χ3n) is 12.6. The number of hydrogen-bond acceptors (Lipinski definition) is 3. The van der Waals surface area contributed by atoms with E-state index in [1.807, 2.05) is 6.08 Å². The summed E-state index contributed by atoms with van der Waals surface area (Å²) in [5, 5.41) is 23.1. The highest BCUT2D eigenvalue weighted by Gasteiger charge is 2.17. The van der Waals surface area contributed by atoms with Crippen molar-refractivity contribution in [3.63, 3.8) is 0 Å². The Kier molecular flexibility index (Phi) is 59.9. The van der Waals surface area contributed by atoms with Crippen LogP contribution in [0.1, 0.15) is 239 Å². The molecule has 0 spiro atoms. The topological polar surface area (TPSA) is 69.6 Å². The molecule has 420 valence electrons. The molecule has 0 aliphatic heterocycles. The van der Waals surface area contributed by atoms with Crippen molar-refractivity contribution in [3.05, 3.63) is 182 Å². The second-order valence-corrected chi connectivity index (χ2v) is 19.7. The van der Waals surface area contributed by atoms with Gasteiger partial charge in [-0.1, -0.05) is 280 Å². The van der Waals surface area contributed by atoms with E-state index >= 15 is 0 Å². The summed E-state index contributed by atoms with van der Waals surface area (Å²) in [6, 6.07) is -0.685. The van der Waals surface area contributed by atoms with Crippen LogP contribution in [-0.2, 0) is 4.79 Å². The summed E-state index contributed by atoms with van der Waals surface area (Å²) in [5.41, 5.74) is 0. The van der Waals surface area contributed by atoms with Crippen LogP contribution < -0.4 is 5.32 Å². The molecule has 0 saturated carbocycles. The first-order valence-electron chi connectivity index (χ1n) is 30.5. The number of aliphatic hydroxyl groups is 2. The van der Waals surface area contributed by atoms with E-state index in [4.69, 9.17) is 0 Å². The molecule has 0 aromatic rings. The summed E-state index contributed by atoms with van der Waals surface area (Å²) in [5.74, 6) is -0.127. The molecule has 1 amide bonds. The van der Waals surface area contributed by atoms with Gasteiger partial charge in [-0.2, -0.15) is 0 Å². The average molecular weight is 1030 g/mol. The molecule has 0 fully saturated rings. The first-order valence-corrected chi connectivity index (χ1v) is 30.5. The SMILES string of the molecule is CC/C=C\C/C=C\C/C=C\C/C=C\C/C=C\C/C=C\C/C=C\C/C=C\C/C=C\C/C=C\C/C=C\C/C=C\CCCCC(=O)NC(CO)C(O)/C=C/CC/C=C/CC/C=C/CCCCCCCCCCCCCCCC. The van der Waals surface area contributed by atoms with Crippen molar-refractivity contribution in [2.75, 3.05) is 6.61 Å². The van der Waals surface area contributed by atoms with Gasteiger partial charge in [-0.05, 0) is 135 Å². The average Bonchev–Trinajstić information content (AvgIpc) is 3.41. The first kappa shape index (κ1) is 70.5. The Morgan fingerprint density at radius 3 is 0.933 bits per heavy atom. The molecular formula is C71H113NO3. The standard InChI is InChI=1S/C71H113NO3/c1-3-5-7-9-11-13-15-17-19-21-23-25-27-29-30-31-32-33-34-35-36-37-38-39-40-41-42-43-45-47-49-51-53-55-57-59-61-63-65-67-71(75)72-69(68-73)70(74)66-64-62-60-58-56-54-52-50-48-46-44-28-26-24-22-20-18-16-14-12-10-8-6-4-2/h5,7,11,13,17,19,23,25,29-30,32-33,35-36,38-39,41-42,45,47-48,50-51,53,56-59,64,66,69-70,73-74H,3-4,6,8-10,12,14-16,18,20-22,24,26-28,31,34,37,40,43-44,46,49,52,54-55,60-63,65,67-68H2,1-2H3,(H,72,75)/b7-5-,13-11-,19-17-,25-23-,30-29-,33-32-,36-35-,39-38-,42-41-,47-45-,50-48+,53-51-,58-56+,59-57-,66-64+. The molecule has 0 heterocycles. The van der Waals surface area contributed by atoms with Crippen LogP contribution in [0.15, 0.2) is 182 Å². The summed E-state index contributed by atoms with van der Waals surface area (Å²) in [7, 11) is 0. The molecule has 2 unspecified atom stereocenters. The highest BCUT2D eigenvalue weighted by molar-refractivity contribution is 5.76. The monoisotopic (exact) mass is 1030 g/mol. The van der Waals surface area contributed by atoms with Gasteiger partial charge in [0.25, 0.3) is 0 Å². The summed E-state index contributed by atoms with van der Waals surface area (Å²) in [4.78, 5) is 12.5. The summed E-state index contributed by atoms with van der Waals surface area (Å²) in [6.45, 7) is 4.16. The van der Waals surface area contributed by atoms with E-state index in [2.05, 4.69) is 189 Å². The van der Waals surface area contributed by atoms with E-state index < -0.39 is 12.1 Å². The zero-order valence-corrected chi connectivity index (χ0v) is 48.2. The maximum absolute atomic E-state index is 12.5. The lowest BCUT2D eigenvalue weighted by atomic mass is 10.0. The van der Waals surface area contributed by atoms with E-state index in [9.17, 15) is 15.0 Å². The fourth-order valence-electron chi connectivity index (χ4n) is 8.01. The lowest BCUT2D eigenvalue weighted by Crippen LogP contribution is -2.45. The smallest absolute Gasteiger partial charge is 0.220 e. The number of amides is 1. The van der Waals surface area contributed by atoms with Crippen molar-refractivity contribution >= 4 is 5.91 Å². The second-order valence-electron chi connectivity index (χ2n) is 19.7. The van der Waals surface area contributed by atoms with Crippen molar-refractivity contribution in [2.45, 2.75) is 251 Å². The van der Waals surface area contributed by atoms with E-state index in [1.165, 1.54) is 96.3 Å². The minimum Gasteiger partial charge on any atom is -0.394 e.